The lowest BCUT2D eigenvalue weighted by atomic mass is 10.1. The summed E-state index contributed by atoms with van der Waals surface area (Å²) < 4.78 is 1.93. The van der Waals surface area contributed by atoms with Gasteiger partial charge in [-0.2, -0.15) is 5.10 Å². The molecular formula is C22H20ClN5. The van der Waals surface area contributed by atoms with E-state index >= 15 is 0 Å². The Balaban J connectivity index is 1.42. The average molecular weight is 390 g/mol. The summed E-state index contributed by atoms with van der Waals surface area (Å²) in [7, 11) is 1.94. The molecule has 2 heterocycles. The molecule has 0 radical (unpaired) electrons. The van der Waals surface area contributed by atoms with Crippen molar-refractivity contribution in [3.05, 3.63) is 89.2 Å². The summed E-state index contributed by atoms with van der Waals surface area (Å²) in [6, 6.07) is 20.0. The van der Waals surface area contributed by atoms with Crippen LogP contribution in [0, 0.1) is 0 Å². The molecule has 0 saturated carbocycles. The van der Waals surface area contributed by atoms with Gasteiger partial charge in [-0.15, -0.1) is 0 Å². The smallest absolute Gasteiger partial charge is 0.137 e. The zero-order valence-electron chi connectivity index (χ0n) is 15.4. The van der Waals surface area contributed by atoms with Crippen LogP contribution in [0.1, 0.15) is 11.1 Å². The largest absolute Gasteiger partial charge is 0.316 e. The molecule has 0 unspecified atom stereocenters. The van der Waals surface area contributed by atoms with E-state index in [4.69, 9.17) is 11.6 Å². The molecule has 0 atom stereocenters. The first-order valence-corrected chi connectivity index (χ1v) is 9.36. The van der Waals surface area contributed by atoms with Crippen LogP contribution in [0.2, 0.25) is 5.02 Å². The third kappa shape index (κ3) is 4.22. The van der Waals surface area contributed by atoms with Crippen molar-refractivity contribution in [2.45, 2.75) is 6.54 Å². The Morgan fingerprint density at radius 3 is 2.54 bits per heavy atom. The maximum Gasteiger partial charge on any atom is 0.137 e. The first kappa shape index (κ1) is 18.2. The monoisotopic (exact) mass is 389 g/mol. The van der Waals surface area contributed by atoms with E-state index < -0.39 is 0 Å². The highest BCUT2D eigenvalue weighted by Crippen LogP contribution is 2.22. The fourth-order valence-electron chi connectivity index (χ4n) is 2.93. The number of hydrazone groups is 1. The summed E-state index contributed by atoms with van der Waals surface area (Å²) in [5.41, 5.74) is 9.08. The van der Waals surface area contributed by atoms with E-state index in [-0.39, 0.29) is 0 Å². The zero-order valence-corrected chi connectivity index (χ0v) is 16.2. The summed E-state index contributed by atoms with van der Waals surface area (Å²) in [6.45, 7) is 0.862. The predicted molar refractivity (Wildman–Crippen MR) is 116 cm³/mol. The van der Waals surface area contributed by atoms with Crippen molar-refractivity contribution in [2.75, 3.05) is 12.5 Å². The van der Waals surface area contributed by atoms with Gasteiger partial charge in [0.25, 0.3) is 0 Å². The van der Waals surface area contributed by atoms with Gasteiger partial charge in [-0.3, -0.25) is 5.43 Å². The van der Waals surface area contributed by atoms with Crippen molar-refractivity contribution < 1.29 is 0 Å². The van der Waals surface area contributed by atoms with Crippen molar-refractivity contribution in [3.8, 4) is 11.3 Å². The van der Waals surface area contributed by atoms with Gasteiger partial charge in [0.1, 0.15) is 5.65 Å². The number of anilines is 1. The quantitative estimate of drug-likeness (QED) is 0.367. The van der Waals surface area contributed by atoms with Gasteiger partial charge in [0.15, 0.2) is 0 Å². The van der Waals surface area contributed by atoms with E-state index in [1.807, 2.05) is 66.5 Å². The summed E-state index contributed by atoms with van der Waals surface area (Å²) in [5, 5.41) is 8.13. The third-order valence-corrected chi connectivity index (χ3v) is 4.59. The standard InChI is InChI=1S/C22H20ClN5/c1-24-12-16-2-4-17(5-3-16)13-25-27-20-9-6-18(7-10-20)21-15-28-14-19(23)8-11-22(28)26-21/h2-11,13-15,24,27H,12H2,1H3/b25-13+. The lowest BCUT2D eigenvalue weighted by Crippen LogP contribution is -2.04. The fourth-order valence-corrected chi connectivity index (χ4v) is 3.09. The molecule has 2 aromatic carbocycles. The number of imidazole rings is 1. The summed E-state index contributed by atoms with van der Waals surface area (Å²) in [6.07, 6.45) is 5.63. The van der Waals surface area contributed by atoms with Gasteiger partial charge in [-0.05, 0) is 42.4 Å². The van der Waals surface area contributed by atoms with Crippen molar-refractivity contribution in [1.82, 2.24) is 14.7 Å². The van der Waals surface area contributed by atoms with E-state index in [0.29, 0.717) is 5.02 Å². The normalized spacial score (nSPS) is 11.4. The van der Waals surface area contributed by atoms with Crippen LogP contribution in [0.4, 0.5) is 5.69 Å². The van der Waals surface area contributed by atoms with Gasteiger partial charge >= 0.3 is 0 Å². The first-order valence-electron chi connectivity index (χ1n) is 8.98. The number of benzene rings is 2. The molecule has 0 saturated heterocycles. The number of hydrogen-bond acceptors (Lipinski definition) is 4. The highest BCUT2D eigenvalue weighted by Gasteiger charge is 2.04. The molecular weight excluding hydrogens is 370 g/mol. The van der Waals surface area contributed by atoms with Crippen LogP contribution < -0.4 is 10.7 Å². The van der Waals surface area contributed by atoms with Crippen molar-refractivity contribution in [3.63, 3.8) is 0 Å². The number of nitrogens with one attached hydrogen (secondary N) is 2. The molecule has 6 heteroatoms. The van der Waals surface area contributed by atoms with E-state index in [0.717, 1.165) is 34.7 Å². The molecule has 140 valence electrons. The highest BCUT2D eigenvalue weighted by atomic mass is 35.5. The van der Waals surface area contributed by atoms with Crippen LogP contribution in [-0.4, -0.2) is 22.6 Å². The molecule has 28 heavy (non-hydrogen) atoms. The maximum atomic E-state index is 6.04. The number of nitrogens with zero attached hydrogens (tertiary/aromatic N) is 3. The average Bonchev–Trinajstić information content (AvgIpc) is 3.13. The lowest BCUT2D eigenvalue weighted by Gasteiger charge is -2.02. The molecule has 0 fully saturated rings. The van der Waals surface area contributed by atoms with E-state index in [1.165, 1.54) is 5.56 Å². The minimum absolute atomic E-state index is 0.686. The number of rotatable bonds is 6. The second-order valence-corrected chi connectivity index (χ2v) is 6.89. The Hall–Kier alpha value is -3.15. The Bertz CT molecular complexity index is 1100. The zero-order chi connectivity index (χ0) is 19.3. The molecule has 0 aliphatic rings. The Labute approximate surface area is 168 Å². The third-order valence-electron chi connectivity index (χ3n) is 4.36. The summed E-state index contributed by atoms with van der Waals surface area (Å²) in [4.78, 5) is 4.63. The highest BCUT2D eigenvalue weighted by molar-refractivity contribution is 6.30. The summed E-state index contributed by atoms with van der Waals surface area (Å²) in [5.74, 6) is 0. The molecule has 0 bridgehead atoms. The van der Waals surface area contributed by atoms with Crippen LogP contribution in [-0.2, 0) is 6.54 Å². The predicted octanol–water partition coefficient (Wildman–Crippen LogP) is 4.82. The molecule has 0 aliphatic heterocycles. The van der Waals surface area contributed by atoms with Crippen molar-refractivity contribution >= 4 is 29.2 Å². The molecule has 0 amide bonds. The van der Waals surface area contributed by atoms with Crippen LogP contribution in [0.3, 0.4) is 0 Å². The van der Waals surface area contributed by atoms with Crippen LogP contribution in [0.25, 0.3) is 16.9 Å². The number of fused-ring (bicyclic) bond motifs is 1. The number of halogens is 1. The van der Waals surface area contributed by atoms with Crippen molar-refractivity contribution in [2.24, 2.45) is 5.10 Å². The van der Waals surface area contributed by atoms with Crippen LogP contribution >= 0.6 is 11.6 Å². The Kier molecular flexibility index (Phi) is 5.37. The van der Waals surface area contributed by atoms with Crippen molar-refractivity contribution in [1.29, 1.82) is 0 Å². The number of aromatic nitrogens is 2. The minimum atomic E-state index is 0.686. The molecule has 4 rings (SSSR count). The minimum Gasteiger partial charge on any atom is -0.316 e. The first-order chi connectivity index (χ1) is 13.7. The van der Waals surface area contributed by atoms with Gasteiger partial charge in [0.2, 0.25) is 0 Å². The second-order valence-electron chi connectivity index (χ2n) is 6.46. The SMILES string of the molecule is CNCc1ccc(/C=N/Nc2ccc(-c3cn4cc(Cl)ccc4n3)cc2)cc1. The lowest BCUT2D eigenvalue weighted by molar-refractivity contribution is 0.818. The molecule has 4 aromatic rings. The van der Waals surface area contributed by atoms with Gasteiger partial charge in [-0.1, -0.05) is 48.0 Å². The van der Waals surface area contributed by atoms with E-state index in [9.17, 15) is 0 Å². The Morgan fingerprint density at radius 1 is 1.00 bits per heavy atom. The van der Waals surface area contributed by atoms with Gasteiger partial charge in [0, 0.05) is 24.5 Å². The fraction of sp³-hybridized carbons (Fsp3) is 0.0909. The number of pyridine rings is 1. The number of hydrogen-bond donors (Lipinski definition) is 2. The second kappa shape index (κ2) is 8.25. The Morgan fingerprint density at radius 2 is 1.79 bits per heavy atom. The van der Waals surface area contributed by atoms with Gasteiger partial charge in [-0.25, -0.2) is 4.98 Å². The molecule has 0 aliphatic carbocycles. The molecule has 2 aromatic heterocycles. The molecule has 5 nitrogen and oxygen atoms in total. The van der Waals surface area contributed by atoms with E-state index in [2.05, 4.69) is 45.1 Å². The molecule has 2 N–H and O–H groups in total. The topological polar surface area (TPSA) is 53.7 Å². The van der Waals surface area contributed by atoms with Gasteiger partial charge < -0.3 is 9.72 Å². The molecule has 0 spiro atoms. The van der Waals surface area contributed by atoms with E-state index in [1.54, 1.807) is 0 Å². The van der Waals surface area contributed by atoms with Gasteiger partial charge in [0.05, 0.1) is 22.6 Å². The van der Waals surface area contributed by atoms with Crippen LogP contribution in [0.15, 0.2) is 78.2 Å². The maximum absolute atomic E-state index is 6.04. The summed E-state index contributed by atoms with van der Waals surface area (Å²) >= 11 is 6.04. The van der Waals surface area contributed by atoms with Crippen LogP contribution in [0.5, 0.6) is 0 Å².